The Hall–Kier alpha value is -1.58. The lowest BCUT2D eigenvalue weighted by atomic mass is 10.0. The average molecular weight is 273 g/mol. The molecule has 2 aromatic rings. The number of nitrogens with one attached hydrogen (secondary N) is 1. The lowest BCUT2D eigenvalue weighted by Crippen LogP contribution is -2.46. The van der Waals surface area contributed by atoms with Gasteiger partial charge in [0.15, 0.2) is 6.23 Å². The second kappa shape index (κ2) is 6.25. The topological polar surface area (TPSA) is 41.5 Å². The van der Waals surface area contributed by atoms with Crippen LogP contribution in [-0.2, 0) is 0 Å². The van der Waals surface area contributed by atoms with Gasteiger partial charge in [0.25, 0.3) is 0 Å². The number of fused-ring (bicyclic) bond motifs is 1. The summed E-state index contributed by atoms with van der Waals surface area (Å²) in [6.07, 6.45) is -1.00. The zero-order chi connectivity index (χ0) is 14.7. The van der Waals surface area contributed by atoms with E-state index in [1.165, 1.54) is 10.9 Å². The fourth-order valence-corrected chi connectivity index (χ4v) is 2.26. The van der Waals surface area contributed by atoms with Gasteiger partial charge in [0.2, 0.25) is 0 Å². The number of ether oxygens (including phenoxy) is 1. The Morgan fingerprint density at radius 3 is 2.25 bits per heavy atom. The van der Waals surface area contributed by atoms with Crippen LogP contribution < -0.4 is 10.1 Å². The predicted octanol–water partition coefficient (Wildman–Crippen LogP) is 3.23. The van der Waals surface area contributed by atoms with Crippen LogP contribution in [0.15, 0.2) is 36.4 Å². The number of aliphatic hydroxyl groups excluding tert-OH is 1. The molecule has 0 fully saturated rings. The summed E-state index contributed by atoms with van der Waals surface area (Å²) in [5.41, 5.74) is 1.22. The minimum atomic E-state index is -0.586. The van der Waals surface area contributed by atoms with Gasteiger partial charge in [-0.2, -0.15) is 0 Å². The molecule has 3 nitrogen and oxygen atoms in total. The highest BCUT2D eigenvalue weighted by Gasteiger charge is 2.18. The molecule has 2 atom stereocenters. The molecule has 2 N–H and O–H groups in total. The lowest BCUT2D eigenvalue weighted by Gasteiger charge is -2.25. The Kier molecular flexibility index (Phi) is 4.63. The Balaban J connectivity index is 2.35. The number of hydrogen-bond donors (Lipinski definition) is 2. The highest BCUT2D eigenvalue weighted by Crippen LogP contribution is 2.29. The first-order valence-electron chi connectivity index (χ1n) is 7.08. The summed E-state index contributed by atoms with van der Waals surface area (Å²) in [5.74, 6) is 0.797. The third kappa shape index (κ3) is 3.30. The molecule has 0 aromatic heterocycles. The Labute approximate surface area is 120 Å². The molecule has 0 aliphatic rings. The Bertz CT molecular complexity index is 578. The summed E-state index contributed by atoms with van der Waals surface area (Å²) in [4.78, 5) is 0. The molecule has 0 bridgehead atoms. The highest BCUT2D eigenvalue weighted by molar-refractivity contribution is 5.90. The van der Waals surface area contributed by atoms with E-state index in [0.29, 0.717) is 0 Å². The molecule has 3 heteroatoms. The van der Waals surface area contributed by atoms with Crippen molar-refractivity contribution in [3.8, 4) is 5.75 Å². The second-order valence-corrected chi connectivity index (χ2v) is 5.53. The zero-order valence-electron chi connectivity index (χ0n) is 12.6. The van der Waals surface area contributed by atoms with Crippen molar-refractivity contribution in [3.05, 3.63) is 42.0 Å². The molecule has 0 aliphatic heterocycles. The normalized spacial score (nSPS) is 14.5. The Morgan fingerprint density at radius 1 is 1.00 bits per heavy atom. The third-order valence-corrected chi connectivity index (χ3v) is 3.29. The maximum atomic E-state index is 9.86. The van der Waals surface area contributed by atoms with Crippen molar-refractivity contribution >= 4 is 10.8 Å². The Morgan fingerprint density at radius 2 is 1.65 bits per heavy atom. The van der Waals surface area contributed by atoms with E-state index in [-0.39, 0.29) is 6.04 Å². The van der Waals surface area contributed by atoms with Crippen molar-refractivity contribution in [3.63, 3.8) is 0 Å². The van der Waals surface area contributed by atoms with E-state index in [4.69, 9.17) is 4.74 Å². The van der Waals surface area contributed by atoms with Crippen LogP contribution in [0.1, 0.15) is 26.3 Å². The van der Waals surface area contributed by atoms with Crippen LogP contribution in [0.3, 0.4) is 0 Å². The van der Waals surface area contributed by atoms with Crippen molar-refractivity contribution in [1.29, 1.82) is 0 Å². The van der Waals surface area contributed by atoms with E-state index in [1.807, 2.05) is 44.2 Å². The summed E-state index contributed by atoms with van der Waals surface area (Å²) < 4.78 is 5.99. The predicted molar refractivity (Wildman–Crippen MR) is 83.1 cm³/mol. The van der Waals surface area contributed by atoms with Crippen molar-refractivity contribution in [2.45, 2.75) is 46.1 Å². The highest BCUT2D eigenvalue weighted by atomic mass is 16.5. The first kappa shape index (κ1) is 14.8. The maximum Gasteiger partial charge on any atom is 0.176 e. The molecule has 0 saturated heterocycles. The standard InChI is InChI=1S/C17H23NO2/c1-11(2)18-17(13(4)19)20-16-10-9-12(3)14-7-5-6-8-15(14)16/h5-11,13,17-19H,1-4H3. The minimum Gasteiger partial charge on any atom is -0.472 e. The van der Waals surface area contributed by atoms with E-state index < -0.39 is 12.3 Å². The van der Waals surface area contributed by atoms with Gasteiger partial charge in [-0.3, -0.25) is 5.32 Å². The number of aryl methyl sites for hydroxylation is 1. The number of hydrogen-bond acceptors (Lipinski definition) is 3. The van der Waals surface area contributed by atoms with Gasteiger partial charge in [0, 0.05) is 11.4 Å². The minimum absolute atomic E-state index is 0.242. The van der Waals surface area contributed by atoms with Gasteiger partial charge in [0.05, 0.1) is 0 Å². The van der Waals surface area contributed by atoms with Crippen molar-refractivity contribution < 1.29 is 9.84 Å². The van der Waals surface area contributed by atoms with Crippen LogP contribution in [0.25, 0.3) is 10.8 Å². The molecule has 108 valence electrons. The SMILES string of the molecule is Cc1ccc(OC(NC(C)C)C(C)O)c2ccccc12. The van der Waals surface area contributed by atoms with Crippen LogP contribution in [0.2, 0.25) is 0 Å². The van der Waals surface area contributed by atoms with Crippen LogP contribution in [-0.4, -0.2) is 23.5 Å². The molecule has 0 aliphatic carbocycles. The van der Waals surface area contributed by atoms with Gasteiger partial charge < -0.3 is 9.84 Å². The molecule has 2 aromatic carbocycles. The fraction of sp³-hybridized carbons (Fsp3) is 0.412. The molecular weight excluding hydrogens is 250 g/mol. The summed E-state index contributed by atoms with van der Waals surface area (Å²) in [5, 5.41) is 15.3. The molecule has 0 radical (unpaired) electrons. The quantitative estimate of drug-likeness (QED) is 0.822. The van der Waals surface area contributed by atoms with Gasteiger partial charge in [-0.05, 0) is 44.7 Å². The first-order valence-corrected chi connectivity index (χ1v) is 7.08. The van der Waals surface area contributed by atoms with Gasteiger partial charge in [0.1, 0.15) is 11.9 Å². The number of aliphatic hydroxyl groups is 1. The van der Waals surface area contributed by atoms with Crippen LogP contribution in [0.4, 0.5) is 0 Å². The monoisotopic (exact) mass is 273 g/mol. The summed E-state index contributed by atoms with van der Waals surface area (Å²) in [7, 11) is 0. The largest absolute Gasteiger partial charge is 0.472 e. The average Bonchev–Trinajstić information content (AvgIpc) is 2.40. The second-order valence-electron chi connectivity index (χ2n) is 5.53. The van der Waals surface area contributed by atoms with E-state index in [1.54, 1.807) is 6.92 Å². The summed E-state index contributed by atoms with van der Waals surface area (Å²) >= 11 is 0. The molecular formula is C17H23NO2. The molecule has 0 heterocycles. The fourth-order valence-electron chi connectivity index (χ4n) is 2.26. The lowest BCUT2D eigenvalue weighted by molar-refractivity contribution is 0.0228. The van der Waals surface area contributed by atoms with E-state index in [9.17, 15) is 5.11 Å². The van der Waals surface area contributed by atoms with Crippen molar-refractivity contribution in [2.75, 3.05) is 0 Å². The van der Waals surface area contributed by atoms with Crippen molar-refractivity contribution in [1.82, 2.24) is 5.32 Å². The molecule has 0 saturated carbocycles. The van der Waals surface area contributed by atoms with Gasteiger partial charge >= 0.3 is 0 Å². The zero-order valence-corrected chi connectivity index (χ0v) is 12.6. The molecule has 0 spiro atoms. The first-order chi connectivity index (χ1) is 9.49. The van der Waals surface area contributed by atoms with Gasteiger partial charge in [-0.25, -0.2) is 0 Å². The molecule has 0 amide bonds. The number of benzene rings is 2. The number of rotatable bonds is 5. The molecule has 20 heavy (non-hydrogen) atoms. The van der Waals surface area contributed by atoms with Crippen molar-refractivity contribution in [2.24, 2.45) is 0 Å². The van der Waals surface area contributed by atoms with Crippen LogP contribution in [0.5, 0.6) is 5.75 Å². The van der Waals surface area contributed by atoms with Crippen LogP contribution >= 0.6 is 0 Å². The van der Waals surface area contributed by atoms with Crippen LogP contribution in [0, 0.1) is 6.92 Å². The third-order valence-electron chi connectivity index (χ3n) is 3.29. The van der Waals surface area contributed by atoms with E-state index in [0.717, 1.165) is 11.1 Å². The molecule has 2 rings (SSSR count). The van der Waals surface area contributed by atoms with Gasteiger partial charge in [-0.1, -0.05) is 30.3 Å². The summed E-state index contributed by atoms with van der Waals surface area (Å²) in [6.45, 7) is 7.89. The molecule has 2 unspecified atom stereocenters. The smallest absolute Gasteiger partial charge is 0.176 e. The maximum absolute atomic E-state index is 9.86. The van der Waals surface area contributed by atoms with E-state index in [2.05, 4.69) is 18.3 Å². The van der Waals surface area contributed by atoms with Gasteiger partial charge in [-0.15, -0.1) is 0 Å². The summed E-state index contributed by atoms with van der Waals surface area (Å²) in [6, 6.07) is 12.4. The van der Waals surface area contributed by atoms with E-state index >= 15 is 0 Å².